The second kappa shape index (κ2) is 9.72. The van der Waals surface area contributed by atoms with Crippen molar-refractivity contribution in [3.8, 4) is 0 Å². The molecular formula is C18H26N2O7S. The lowest BCUT2D eigenvalue weighted by Crippen LogP contribution is -2.45. The number of nitrogens with one attached hydrogen (secondary N) is 1. The van der Waals surface area contributed by atoms with Gasteiger partial charge in [-0.15, -0.1) is 0 Å². The van der Waals surface area contributed by atoms with E-state index < -0.39 is 34.2 Å². The van der Waals surface area contributed by atoms with E-state index in [9.17, 15) is 22.8 Å². The Morgan fingerprint density at radius 3 is 2.68 bits per heavy atom. The number of ether oxygens (including phenoxy) is 1. The number of hydrogen-bond acceptors (Lipinski definition) is 7. The molecule has 0 bridgehead atoms. The number of amides is 2. The first-order valence-electron chi connectivity index (χ1n) is 9.15. The summed E-state index contributed by atoms with van der Waals surface area (Å²) in [5.41, 5.74) is 0. The van der Waals surface area contributed by atoms with Gasteiger partial charge < -0.3 is 19.4 Å². The van der Waals surface area contributed by atoms with Crippen LogP contribution in [0.25, 0.3) is 0 Å². The molecule has 2 rings (SSSR count). The van der Waals surface area contributed by atoms with Crippen LogP contribution in [-0.2, 0) is 24.2 Å². The molecule has 0 spiro atoms. The summed E-state index contributed by atoms with van der Waals surface area (Å²) in [5.74, 6) is -1.19. The third kappa shape index (κ3) is 6.66. The van der Waals surface area contributed by atoms with Crippen LogP contribution in [0, 0.1) is 5.92 Å². The summed E-state index contributed by atoms with van der Waals surface area (Å²) in [5, 5.41) is 2.51. The van der Waals surface area contributed by atoms with Crippen molar-refractivity contribution in [2.24, 2.45) is 5.92 Å². The maximum atomic E-state index is 12.5. The number of sulfone groups is 1. The van der Waals surface area contributed by atoms with Gasteiger partial charge in [-0.2, -0.15) is 0 Å². The number of hydrogen-bond donors (Lipinski definition) is 1. The molecule has 10 heteroatoms. The van der Waals surface area contributed by atoms with Crippen LogP contribution in [0.1, 0.15) is 37.2 Å². The van der Waals surface area contributed by atoms with Crippen LogP contribution in [0.5, 0.6) is 0 Å². The molecule has 0 aliphatic carbocycles. The highest BCUT2D eigenvalue weighted by atomic mass is 32.2. The van der Waals surface area contributed by atoms with E-state index in [-0.39, 0.29) is 42.2 Å². The fourth-order valence-electron chi connectivity index (χ4n) is 2.94. The number of carbonyl (C=O) groups excluding carboxylic acids is 3. The van der Waals surface area contributed by atoms with Crippen LogP contribution >= 0.6 is 0 Å². The summed E-state index contributed by atoms with van der Waals surface area (Å²) >= 11 is 0. The fourth-order valence-corrected chi connectivity index (χ4v) is 4.67. The average Bonchev–Trinajstić information content (AvgIpc) is 3.27. The number of nitrogens with zero attached hydrogens (tertiary/aromatic N) is 1. The molecule has 0 radical (unpaired) electrons. The van der Waals surface area contributed by atoms with Gasteiger partial charge in [-0.1, -0.05) is 13.8 Å². The Balaban J connectivity index is 1.77. The van der Waals surface area contributed by atoms with Crippen molar-refractivity contribution in [3.63, 3.8) is 0 Å². The Labute approximate surface area is 164 Å². The van der Waals surface area contributed by atoms with Gasteiger partial charge in [-0.05, 0) is 24.5 Å². The van der Waals surface area contributed by atoms with Crippen molar-refractivity contribution in [1.82, 2.24) is 10.2 Å². The van der Waals surface area contributed by atoms with Gasteiger partial charge in [0.1, 0.15) is 0 Å². The smallest absolute Gasteiger partial charge is 0.308 e. The molecule has 28 heavy (non-hydrogen) atoms. The molecule has 1 saturated heterocycles. The number of esters is 1. The zero-order valence-corrected chi connectivity index (χ0v) is 16.9. The first-order chi connectivity index (χ1) is 13.2. The zero-order valence-electron chi connectivity index (χ0n) is 16.0. The van der Waals surface area contributed by atoms with E-state index >= 15 is 0 Å². The van der Waals surface area contributed by atoms with Crippen molar-refractivity contribution in [2.75, 3.05) is 31.2 Å². The molecule has 0 unspecified atom stereocenters. The molecular weight excluding hydrogens is 388 g/mol. The van der Waals surface area contributed by atoms with Crippen LogP contribution in [0.4, 0.5) is 0 Å². The highest BCUT2D eigenvalue weighted by Gasteiger charge is 2.35. The Morgan fingerprint density at radius 2 is 2.11 bits per heavy atom. The standard InChI is InChI=1S/C18H26N2O7S/c1-13(2)10-20(14-6-9-28(24,25)12-14)16(21)11-27-17(22)5-7-19-18(23)15-4-3-8-26-15/h3-4,8,13-14H,5-7,9-12H2,1-2H3,(H,19,23)/t14-/m1/s1. The minimum atomic E-state index is -3.13. The lowest BCUT2D eigenvalue weighted by Gasteiger charge is -2.29. The largest absolute Gasteiger partial charge is 0.459 e. The molecule has 0 aromatic carbocycles. The topological polar surface area (TPSA) is 123 Å². The zero-order chi connectivity index (χ0) is 20.7. The van der Waals surface area contributed by atoms with Gasteiger partial charge in [0.15, 0.2) is 22.2 Å². The molecule has 1 fully saturated rings. The summed E-state index contributed by atoms with van der Waals surface area (Å²) in [7, 11) is -3.13. The Hall–Kier alpha value is -2.36. The van der Waals surface area contributed by atoms with Crippen molar-refractivity contribution in [3.05, 3.63) is 24.2 Å². The van der Waals surface area contributed by atoms with Crippen molar-refractivity contribution < 1.29 is 32.0 Å². The van der Waals surface area contributed by atoms with E-state index in [4.69, 9.17) is 9.15 Å². The first-order valence-corrected chi connectivity index (χ1v) is 11.0. The molecule has 9 nitrogen and oxygen atoms in total. The highest BCUT2D eigenvalue weighted by molar-refractivity contribution is 7.91. The lowest BCUT2D eigenvalue weighted by atomic mass is 10.1. The molecule has 1 N–H and O–H groups in total. The molecule has 1 atom stereocenters. The molecule has 2 amide bonds. The van der Waals surface area contributed by atoms with Crippen molar-refractivity contribution in [2.45, 2.75) is 32.7 Å². The van der Waals surface area contributed by atoms with Gasteiger partial charge in [0.2, 0.25) is 0 Å². The minimum absolute atomic E-state index is 0.0448. The molecule has 2 heterocycles. The molecule has 156 valence electrons. The van der Waals surface area contributed by atoms with Crippen LogP contribution in [0.3, 0.4) is 0 Å². The Kier molecular flexibility index (Phi) is 7.61. The lowest BCUT2D eigenvalue weighted by molar-refractivity contribution is -0.153. The van der Waals surface area contributed by atoms with E-state index in [1.807, 2.05) is 13.8 Å². The molecule has 0 saturated carbocycles. The van der Waals surface area contributed by atoms with Crippen LogP contribution < -0.4 is 5.32 Å². The van der Waals surface area contributed by atoms with Gasteiger partial charge in [0.05, 0.1) is 24.2 Å². The maximum Gasteiger partial charge on any atom is 0.308 e. The molecule has 1 aliphatic heterocycles. The molecule has 1 aromatic heterocycles. The second-order valence-electron chi connectivity index (χ2n) is 7.14. The summed E-state index contributed by atoms with van der Waals surface area (Å²) in [6.45, 7) is 3.85. The van der Waals surface area contributed by atoms with Gasteiger partial charge in [-0.25, -0.2) is 8.42 Å². The number of rotatable bonds is 9. The summed E-state index contributed by atoms with van der Waals surface area (Å²) < 4.78 is 33.4. The average molecular weight is 414 g/mol. The van der Waals surface area contributed by atoms with Gasteiger partial charge >= 0.3 is 5.97 Å². The van der Waals surface area contributed by atoms with E-state index in [0.29, 0.717) is 13.0 Å². The monoisotopic (exact) mass is 414 g/mol. The highest BCUT2D eigenvalue weighted by Crippen LogP contribution is 2.19. The fraction of sp³-hybridized carbons (Fsp3) is 0.611. The van der Waals surface area contributed by atoms with Gasteiger partial charge in [0, 0.05) is 19.1 Å². The van der Waals surface area contributed by atoms with Gasteiger partial charge in [0.25, 0.3) is 11.8 Å². The van der Waals surface area contributed by atoms with Crippen molar-refractivity contribution in [1.29, 1.82) is 0 Å². The summed E-state index contributed by atoms with van der Waals surface area (Å²) in [6.07, 6.45) is 1.67. The van der Waals surface area contributed by atoms with Gasteiger partial charge in [-0.3, -0.25) is 14.4 Å². The minimum Gasteiger partial charge on any atom is -0.459 e. The SMILES string of the molecule is CC(C)CN(C(=O)COC(=O)CCNC(=O)c1ccco1)[C@@H]1CCS(=O)(=O)C1. The van der Waals surface area contributed by atoms with Crippen LogP contribution in [0.15, 0.2) is 22.8 Å². The Bertz CT molecular complexity index is 787. The quantitative estimate of drug-likeness (QED) is 0.587. The van der Waals surface area contributed by atoms with E-state index in [1.54, 1.807) is 6.07 Å². The second-order valence-corrected chi connectivity index (χ2v) is 9.37. The summed E-state index contributed by atoms with van der Waals surface area (Å²) in [6, 6.07) is 2.69. The number of furan rings is 1. The first kappa shape index (κ1) is 21.9. The van der Waals surface area contributed by atoms with Crippen molar-refractivity contribution >= 4 is 27.6 Å². The number of carbonyl (C=O) groups is 3. The van der Waals surface area contributed by atoms with Crippen LogP contribution in [-0.4, -0.2) is 68.3 Å². The van der Waals surface area contributed by atoms with E-state index in [0.717, 1.165) is 0 Å². The third-order valence-corrected chi connectivity index (χ3v) is 6.00. The van der Waals surface area contributed by atoms with E-state index in [1.165, 1.54) is 17.2 Å². The predicted octanol–water partition coefficient (Wildman–Crippen LogP) is 0.614. The predicted molar refractivity (Wildman–Crippen MR) is 100 cm³/mol. The van der Waals surface area contributed by atoms with Crippen LogP contribution in [0.2, 0.25) is 0 Å². The Morgan fingerprint density at radius 1 is 1.36 bits per heavy atom. The maximum absolute atomic E-state index is 12.5. The summed E-state index contributed by atoms with van der Waals surface area (Å²) in [4.78, 5) is 37.5. The molecule has 1 aromatic rings. The molecule has 1 aliphatic rings. The normalized spacial score (nSPS) is 18.0. The van der Waals surface area contributed by atoms with E-state index in [2.05, 4.69) is 5.32 Å². The third-order valence-electron chi connectivity index (χ3n) is 4.25.